The van der Waals surface area contributed by atoms with Gasteiger partial charge in [-0.15, -0.1) is 0 Å². The lowest BCUT2D eigenvalue weighted by Gasteiger charge is -2.30. The van der Waals surface area contributed by atoms with Gasteiger partial charge in [-0.2, -0.15) is 0 Å². The first kappa shape index (κ1) is 11.2. The minimum atomic E-state index is 0.441. The van der Waals surface area contributed by atoms with Crippen LogP contribution in [0.25, 0.3) is 0 Å². The zero-order valence-electron chi connectivity index (χ0n) is 10.6. The van der Waals surface area contributed by atoms with Crippen LogP contribution in [0, 0.1) is 11.8 Å². The van der Waals surface area contributed by atoms with Crippen molar-refractivity contribution in [3.8, 4) is 0 Å². The molecule has 2 aliphatic heterocycles. The molecule has 0 spiro atoms. The van der Waals surface area contributed by atoms with Gasteiger partial charge in [0.2, 0.25) is 0 Å². The summed E-state index contributed by atoms with van der Waals surface area (Å²) in [5.41, 5.74) is 1.20. The van der Waals surface area contributed by atoms with Crippen LogP contribution in [0.15, 0.2) is 24.4 Å². The monoisotopic (exact) mass is 231 g/mol. The summed E-state index contributed by atoms with van der Waals surface area (Å²) in [6, 6.07) is 7.33. The van der Waals surface area contributed by atoms with Crippen molar-refractivity contribution in [2.75, 3.05) is 19.6 Å². The summed E-state index contributed by atoms with van der Waals surface area (Å²) in [5.74, 6) is 1.68. The number of pyridine rings is 1. The van der Waals surface area contributed by atoms with Gasteiger partial charge in [0.05, 0.1) is 5.69 Å². The topological polar surface area (TPSA) is 28.2 Å². The van der Waals surface area contributed by atoms with Crippen molar-refractivity contribution in [3.63, 3.8) is 0 Å². The first-order valence-corrected chi connectivity index (χ1v) is 6.65. The van der Waals surface area contributed by atoms with Crippen LogP contribution in [0.3, 0.4) is 0 Å². The van der Waals surface area contributed by atoms with Crippen molar-refractivity contribution in [1.82, 2.24) is 15.2 Å². The van der Waals surface area contributed by atoms with Gasteiger partial charge in [-0.05, 0) is 50.9 Å². The molecule has 3 nitrogen and oxygen atoms in total. The predicted molar refractivity (Wildman–Crippen MR) is 68.7 cm³/mol. The van der Waals surface area contributed by atoms with Crippen molar-refractivity contribution in [2.24, 2.45) is 11.8 Å². The Morgan fingerprint density at radius 1 is 1.41 bits per heavy atom. The van der Waals surface area contributed by atoms with Gasteiger partial charge in [-0.25, -0.2) is 0 Å². The number of likely N-dealkylation sites (tertiary alicyclic amines) is 1. The van der Waals surface area contributed by atoms with Gasteiger partial charge in [-0.1, -0.05) is 6.07 Å². The highest BCUT2D eigenvalue weighted by Gasteiger charge is 2.43. The largest absolute Gasteiger partial charge is 0.316 e. The van der Waals surface area contributed by atoms with Gasteiger partial charge in [0.25, 0.3) is 0 Å². The van der Waals surface area contributed by atoms with E-state index in [1.165, 1.54) is 25.3 Å². The minimum Gasteiger partial charge on any atom is -0.316 e. The second-order valence-corrected chi connectivity index (χ2v) is 5.45. The molecule has 0 bridgehead atoms. The zero-order valence-corrected chi connectivity index (χ0v) is 10.6. The zero-order chi connectivity index (χ0) is 11.8. The molecule has 3 heteroatoms. The van der Waals surface area contributed by atoms with Crippen LogP contribution in [0.5, 0.6) is 0 Å². The first-order chi connectivity index (χ1) is 8.27. The SMILES string of the molecule is CC(c1ccccn1)N1CC2CNCC2C1C. The molecule has 4 unspecified atom stereocenters. The van der Waals surface area contributed by atoms with Gasteiger partial charge in [0.15, 0.2) is 0 Å². The molecular formula is C14H21N3. The number of hydrogen-bond acceptors (Lipinski definition) is 3. The van der Waals surface area contributed by atoms with E-state index in [0.29, 0.717) is 12.1 Å². The highest BCUT2D eigenvalue weighted by atomic mass is 15.2. The summed E-state index contributed by atoms with van der Waals surface area (Å²) in [4.78, 5) is 7.12. The number of rotatable bonds is 2. The molecule has 0 saturated carbocycles. The van der Waals surface area contributed by atoms with Crippen LogP contribution in [0.4, 0.5) is 0 Å². The maximum absolute atomic E-state index is 4.49. The molecule has 1 aromatic heterocycles. The fourth-order valence-corrected chi connectivity index (χ4v) is 3.50. The molecule has 92 valence electrons. The Bertz CT molecular complexity index is 378. The summed E-state index contributed by atoms with van der Waals surface area (Å²) in [5, 5.41) is 3.51. The van der Waals surface area contributed by atoms with E-state index in [9.17, 15) is 0 Å². The number of aromatic nitrogens is 1. The Labute approximate surface area is 103 Å². The number of hydrogen-bond donors (Lipinski definition) is 1. The molecule has 4 atom stereocenters. The molecule has 0 radical (unpaired) electrons. The molecule has 2 aliphatic rings. The Morgan fingerprint density at radius 3 is 3.00 bits per heavy atom. The van der Waals surface area contributed by atoms with Gasteiger partial charge in [0, 0.05) is 24.8 Å². The van der Waals surface area contributed by atoms with Crippen LogP contribution in [-0.2, 0) is 0 Å². The first-order valence-electron chi connectivity index (χ1n) is 6.65. The van der Waals surface area contributed by atoms with Gasteiger partial charge < -0.3 is 5.32 Å². The highest BCUT2D eigenvalue weighted by Crippen LogP contribution is 2.37. The Morgan fingerprint density at radius 2 is 2.29 bits per heavy atom. The van der Waals surface area contributed by atoms with E-state index in [2.05, 4.69) is 41.2 Å². The van der Waals surface area contributed by atoms with Gasteiger partial charge >= 0.3 is 0 Å². The van der Waals surface area contributed by atoms with Gasteiger partial charge in [0.1, 0.15) is 0 Å². The summed E-state index contributed by atoms with van der Waals surface area (Å²) < 4.78 is 0. The average molecular weight is 231 g/mol. The lowest BCUT2D eigenvalue weighted by molar-refractivity contribution is 0.179. The molecule has 0 aliphatic carbocycles. The number of nitrogens with zero attached hydrogens (tertiary/aromatic N) is 2. The molecule has 0 amide bonds. The van der Waals surface area contributed by atoms with E-state index < -0.39 is 0 Å². The lowest BCUT2D eigenvalue weighted by atomic mass is 9.95. The van der Waals surface area contributed by atoms with E-state index in [1.807, 2.05) is 12.3 Å². The Hall–Kier alpha value is -0.930. The van der Waals surface area contributed by atoms with Crippen molar-refractivity contribution >= 4 is 0 Å². The molecule has 2 fully saturated rings. The van der Waals surface area contributed by atoms with Crippen molar-refractivity contribution < 1.29 is 0 Å². The summed E-state index contributed by atoms with van der Waals surface area (Å²) in [7, 11) is 0. The standard InChI is InChI=1S/C14H21N3/c1-10-13-8-15-7-12(13)9-17(10)11(2)14-5-3-4-6-16-14/h3-6,10-13,15H,7-9H2,1-2H3. The minimum absolute atomic E-state index is 0.441. The molecule has 1 N–H and O–H groups in total. The van der Waals surface area contributed by atoms with Crippen LogP contribution in [0.1, 0.15) is 25.6 Å². The smallest absolute Gasteiger partial charge is 0.0572 e. The highest BCUT2D eigenvalue weighted by molar-refractivity contribution is 5.10. The molecule has 17 heavy (non-hydrogen) atoms. The molecule has 1 aromatic rings. The third-order valence-electron chi connectivity index (χ3n) is 4.59. The van der Waals surface area contributed by atoms with Gasteiger partial charge in [-0.3, -0.25) is 9.88 Å². The van der Waals surface area contributed by atoms with E-state index in [0.717, 1.165) is 11.8 Å². The molecule has 2 saturated heterocycles. The van der Waals surface area contributed by atoms with Crippen molar-refractivity contribution in [1.29, 1.82) is 0 Å². The molecular weight excluding hydrogens is 210 g/mol. The fourth-order valence-electron chi connectivity index (χ4n) is 3.50. The maximum atomic E-state index is 4.49. The number of nitrogens with one attached hydrogen (secondary N) is 1. The van der Waals surface area contributed by atoms with Crippen LogP contribution < -0.4 is 5.32 Å². The predicted octanol–water partition coefficient (Wildman–Crippen LogP) is 1.68. The van der Waals surface area contributed by atoms with Crippen molar-refractivity contribution in [3.05, 3.63) is 30.1 Å². The third kappa shape index (κ3) is 1.87. The quantitative estimate of drug-likeness (QED) is 0.839. The Balaban J connectivity index is 1.77. The summed E-state index contributed by atoms with van der Waals surface area (Å²) in [6.45, 7) is 8.26. The fraction of sp³-hybridized carbons (Fsp3) is 0.643. The summed E-state index contributed by atoms with van der Waals surface area (Å²) >= 11 is 0. The van der Waals surface area contributed by atoms with E-state index >= 15 is 0 Å². The van der Waals surface area contributed by atoms with Crippen molar-refractivity contribution in [2.45, 2.75) is 25.9 Å². The second-order valence-electron chi connectivity index (χ2n) is 5.45. The van der Waals surface area contributed by atoms with E-state index in [4.69, 9.17) is 0 Å². The van der Waals surface area contributed by atoms with Crippen LogP contribution >= 0.6 is 0 Å². The van der Waals surface area contributed by atoms with E-state index in [1.54, 1.807) is 0 Å². The molecule has 0 aromatic carbocycles. The maximum Gasteiger partial charge on any atom is 0.0572 e. The molecule has 3 heterocycles. The normalized spacial score (nSPS) is 34.8. The second kappa shape index (κ2) is 4.39. The lowest BCUT2D eigenvalue weighted by Crippen LogP contribution is -2.35. The Kier molecular flexibility index (Phi) is 2.89. The van der Waals surface area contributed by atoms with Crippen LogP contribution in [-0.4, -0.2) is 35.6 Å². The molecule has 3 rings (SSSR count). The van der Waals surface area contributed by atoms with E-state index in [-0.39, 0.29) is 0 Å². The number of fused-ring (bicyclic) bond motifs is 1. The van der Waals surface area contributed by atoms with Crippen LogP contribution in [0.2, 0.25) is 0 Å². The summed E-state index contributed by atoms with van der Waals surface area (Å²) in [6.07, 6.45) is 1.90. The average Bonchev–Trinajstić information content (AvgIpc) is 2.93. The third-order valence-corrected chi connectivity index (χ3v) is 4.59.